The number of halogens is 2. The van der Waals surface area contributed by atoms with Crippen molar-refractivity contribution in [1.29, 1.82) is 0 Å². The number of rotatable bonds is 7. The van der Waals surface area contributed by atoms with E-state index in [0.29, 0.717) is 10.7 Å². The lowest BCUT2D eigenvalue weighted by atomic mass is 10.0. The van der Waals surface area contributed by atoms with E-state index >= 15 is 0 Å². The molecule has 2 aromatic heterocycles. The summed E-state index contributed by atoms with van der Waals surface area (Å²) in [6, 6.07) is 8.51. The van der Waals surface area contributed by atoms with Crippen LogP contribution in [0.25, 0.3) is 9.88 Å². The molecule has 9 heteroatoms. The molecule has 1 aromatic carbocycles. The van der Waals surface area contributed by atoms with E-state index in [4.69, 9.17) is 16.3 Å². The minimum absolute atomic E-state index is 0.0371. The number of esters is 1. The molecule has 1 atom stereocenters. The molecule has 0 aliphatic rings. The third kappa shape index (κ3) is 5.64. The maximum atomic E-state index is 12.6. The smallest absolute Gasteiger partial charge is 0.307 e. The zero-order chi connectivity index (χ0) is 20.1. The third-order valence-corrected chi connectivity index (χ3v) is 6.88. The summed E-state index contributed by atoms with van der Waals surface area (Å²) in [5.74, 6) is -0.618. The number of ether oxygens (including phenoxy) is 1. The number of thiophene rings is 1. The number of aromatic nitrogens is 1. The Kier molecular flexibility index (Phi) is 7.23. The lowest BCUT2D eigenvalue weighted by Gasteiger charge is -2.18. The Hall–Kier alpha value is -1.74. The first-order valence-corrected chi connectivity index (χ1v) is 11.2. The molecule has 146 valence electrons. The van der Waals surface area contributed by atoms with E-state index in [1.807, 2.05) is 16.8 Å². The average molecular weight is 500 g/mol. The Balaban J connectivity index is 1.68. The highest BCUT2D eigenvalue weighted by Crippen LogP contribution is 2.32. The highest BCUT2D eigenvalue weighted by Gasteiger charge is 2.20. The Morgan fingerprint density at radius 2 is 2.00 bits per heavy atom. The van der Waals surface area contributed by atoms with Crippen LogP contribution < -0.4 is 5.32 Å². The van der Waals surface area contributed by atoms with Gasteiger partial charge in [-0.15, -0.1) is 22.7 Å². The first-order chi connectivity index (χ1) is 13.4. The normalized spacial score (nSPS) is 11.8. The SMILES string of the molecule is COC(=O)CC(NC(=O)Cc1csc(-c2cc(Br)cs2)n1)c1ccc(Cl)cc1. The second kappa shape index (κ2) is 9.65. The number of hydrogen-bond donors (Lipinski definition) is 1. The summed E-state index contributed by atoms with van der Waals surface area (Å²) < 4.78 is 5.76. The van der Waals surface area contributed by atoms with Crippen LogP contribution >= 0.6 is 50.2 Å². The van der Waals surface area contributed by atoms with Crippen molar-refractivity contribution in [3.05, 3.63) is 61.8 Å². The van der Waals surface area contributed by atoms with Gasteiger partial charge in [-0.1, -0.05) is 23.7 Å². The Morgan fingerprint density at radius 1 is 1.25 bits per heavy atom. The predicted octanol–water partition coefficient (Wildman–Crippen LogP) is 5.25. The Labute approximate surface area is 183 Å². The molecule has 0 saturated carbocycles. The second-order valence-corrected chi connectivity index (χ2v) is 9.02. The molecule has 0 aliphatic carbocycles. The van der Waals surface area contributed by atoms with Crippen molar-refractivity contribution >= 4 is 62.1 Å². The van der Waals surface area contributed by atoms with Crippen molar-refractivity contribution in [1.82, 2.24) is 10.3 Å². The summed E-state index contributed by atoms with van der Waals surface area (Å²) in [6.07, 6.45) is 0.170. The van der Waals surface area contributed by atoms with Crippen LogP contribution in [0.2, 0.25) is 5.02 Å². The first-order valence-electron chi connectivity index (χ1n) is 8.25. The molecular weight excluding hydrogens is 484 g/mol. The molecule has 3 rings (SSSR count). The van der Waals surface area contributed by atoms with Gasteiger partial charge in [0, 0.05) is 20.3 Å². The summed E-state index contributed by atoms with van der Waals surface area (Å²) in [4.78, 5) is 29.9. The van der Waals surface area contributed by atoms with Crippen LogP contribution in [0.15, 0.2) is 45.6 Å². The van der Waals surface area contributed by atoms with E-state index in [9.17, 15) is 9.59 Å². The number of thiazole rings is 1. The van der Waals surface area contributed by atoms with Crippen LogP contribution in [0.1, 0.15) is 23.7 Å². The second-order valence-electron chi connectivity index (χ2n) is 5.90. The molecule has 0 radical (unpaired) electrons. The number of amides is 1. The van der Waals surface area contributed by atoms with Crippen LogP contribution in [-0.4, -0.2) is 24.0 Å². The van der Waals surface area contributed by atoms with E-state index in [1.54, 1.807) is 35.6 Å². The van der Waals surface area contributed by atoms with E-state index in [0.717, 1.165) is 19.9 Å². The molecule has 2 heterocycles. The Morgan fingerprint density at radius 3 is 2.64 bits per heavy atom. The van der Waals surface area contributed by atoms with Crippen LogP contribution in [-0.2, 0) is 20.7 Å². The van der Waals surface area contributed by atoms with Crippen molar-refractivity contribution in [2.75, 3.05) is 7.11 Å². The molecule has 28 heavy (non-hydrogen) atoms. The van der Waals surface area contributed by atoms with Crippen LogP contribution in [0, 0.1) is 0 Å². The van der Waals surface area contributed by atoms with Crippen molar-refractivity contribution in [3.63, 3.8) is 0 Å². The summed E-state index contributed by atoms with van der Waals surface area (Å²) in [6.45, 7) is 0. The quantitative estimate of drug-likeness (QED) is 0.451. The zero-order valence-electron chi connectivity index (χ0n) is 14.8. The number of carbonyl (C=O) groups excluding carboxylic acids is 2. The fourth-order valence-corrected chi connectivity index (χ4v) is 4.99. The lowest BCUT2D eigenvalue weighted by molar-refractivity contribution is -0.141. The number of hydrogen-bond acceptors (Lipinski definition) is 6. The molecule has 1 N–H and O–H groups in total. The van der Waals surface area contributed by atoms with Crippen molar-refractivity contribution in [2.45, 2.75) is 18.9 Å². The van der Waals surface area contributed by atoms with E-state index in [2.05, 4.69) is 26.2 Å². The van der Waals surface area contributed by atoms with Gasteiger partial charge in [-0.2, -0.15) is 0 Å². The maximum absolute atomic E-state index is 12.6. The fraction of sp³-hybridized carbons (Fsp3) is 0.211. The molecule has 0 aliphatic heterocycles. The van der Waals surface area contributed by atoms with Crippen molar-refractivity contribution < 1.29 is 14.3 Å². The van der Waals surface area contributed by atoms with E-state index < -0.39 is 12.0 Å². The number of nitrogens with one attached hydrogen (secondary N) is 1. The van der Waals surface area contributed by atoms with E-state index in [1.165, 1.54) is 18.4 Å². The molecule has 3 aromatic rings. The van der Waals surface area contributed by atoms with Gasteiger partial charge in [0.1, 0.15) is 5.01 Å². The average Bonchev–Trinajstić information content (AvgIpc) is 3.30. The number of nitrogens with zero attached hydrogens (tertiary/aromatic N) is 1. The number of carbonyl (C=O) groups is 2. The molecule has 1 unspecified atom stereocenters. The van der Waals surface area contributed by atoms with Gasteiger partial charge in [0.15, 0.2) is 0 Å². The van der Waals surface area contributed by atoms with E-state index in [-0.39, 0.29) is 18.7 Å². The molecule has 0 saturated heterocycles. The van der Waals surface area contributed by atoms with Gasteiger partial charge in [0.2, 0.25) is 5.91 Å². The summed E-state index contributed by atoms with van der Waals surface area (Å²) in [5.41, 5.74) is 1.47. The van der Waals surface area contributed by atoms with Gasteiger partial charge in [-0.05, 0) is 39.7 Å². The third-order valence-electron chi connectivity index (χ3n) is 3.88. The molecule has 0 bridgehead atoms. The number of benzene rings is 1. The molecule has 1 amide bonds. The summed E-state index contributed by atoms with van der Waals surface area (Å²) in [5, 5.41) is 8.23. The largest absolute Gasteiger partial charge is 0.469 e. The highest BCUT2D eigenvalue weighted by molar-refractivity contribution is 9.10. The maximum Gasteiger partial charge on any atom is 0.307 e. The lowest BCUT2D eigenvalue weighted by Crippen LogP contribution is -2.31. The van der Waals surface area contributed by atoms with Gasteiger partial charge in [-0.3, -0.25) is 9.59 Å². The van der Waals surface area contributed by atoms with Crippen molar-refractivity contribution in [2.24, 2.45) is 0 Å². The van der Waals surface area contributed by atoms with Gasteiger partial charge < -0.3 is 10.1 Å². The van der Waals surface area contributed by atoms with Crippen LogP contribution in [0.3, 0.4) is 0 Å². The van der Waals surface area contributed by atoms with Gasteiger partial charge in [-0.25, -0.2) is 4.98 Å². The number of methoxy groups -OCH3 is 1. The van der Waals surface area contributed by atoms with Gasteiger partial charge in [0.25, 0.3) is 0 Å². The minimum atomic E-state index is -0.497. The Bertz CT molecular complexity index is 972. The molecular formula is C19H16BrClN2O3S2. The fourth-order valence-electron chi connectivity index (χ4n) is 2.53. The van der Waals surface area contributed by atoms with Gasteiger partial charge >= 0.3 is 5.97 Å². The topological polar surface area (TPSA) is 68.3 Å². The summed E-state index contributed by atoms with van der Waals surface area (Å²) >= 11 is 12.5. The van der Waals surface area contributed by atoms with Gasteiger partial charge in [0.05, 0.1) is 36.6 Å². The minimum Gasteiger partial charge on any atom is -0.469 e. The first kappa shape index (κ1) is 21.0. The van der Waals surface area contributed by atoms with Crippen molar-refractivity contribution in [3.8, 4) is 9.88 Å². The molecule has 5 nitrogen and oxygen atoms in total. The van der Waals surface area contributed by atoms with Crippen LogP contribution in [0.5, 0.6) is 0 Å². The monoisotopic (exact) mass is 498 g/mol. The predicted molar refractivity (Wildman–Crippen MR) is 116 cm³/mol. The zero-order valence-corrected chi connectivity index (χ0v) is 18.8. The molecule has 0 spiro atoms. The summed E-state index contributed by atoms with van der Waals surface area (Å²) in [7, 11) is 1.32. The highest BCUT2D eigenvalue weighted by atomic mass is 79.9. The standard InChI is InChI=1S/C19H16BrClN2O3S2/c1-26-18(25)8-15(11-2-4-13(21)5-3-11)23-17(24)7-14-10-28-19(22-14)16-6-12(20)9-27-16/h2-6,9-10,15H,7-8H2,1H3,(H,23,24). The molecule has 0 fully saturated rings. The van der Waals surface area contributed by atoms with Crippen LogP contribution in [0.4, 0.5) is 0 Å².